The highest BCUT2D eigenvalue weighted by Gasteiger charge is 2.25. The van der Waals surface area contributed by atoms with Crippen molar-refractivity contribution in [2.45, 2.75) is 71.8 Å². The van der Waals surface area contributed by atoms with E-state index < -0.39 is 0 Å². The minimum Gasteiger partial charge on any atom is -0.310 e. The number of hydrogen-bond acceptors (Lipinski definition) is 3. The molecule has 3 nitrogen and oxygen atoms in total. The van der Waals surface area contributed by atoms with E-state index in [1.165, 1.54) is 50.5 Å². The number of nitrogens with one attached hydrogen (secondary N) is 1. The number of aromatic nitrogens is 2. The van der Waals surface area contributed by atoms with Crippen molar-refractivity contribution in [3.05, 3.63) is 23.0 Å². The van der Waals surface area contributed by atoms with Crippen molar-refractivity contribution in [2.24, 2.45) is 5.92 Å². The van der Waals surface area contributed by atoms with Crippen molar-refractivity contribution in [1.82, 2.24) is 15.5 Å². The molecule has 1 N–H and O–H groups in total. The molecule has 1 fully saturated rings. The quantitative estimate of drug-likeness (QED) is 0.822. The first-order valence-electron chi connectivity index (χ1n) is 8.26. The average molecular weight is 275 g/mol. The van der Waals surface area contributed by atoms with Crippen LogP contribution >= 0.6 is 0 Å². The summed E-state index contributed by atoms with van der Waals surface area (Å²) >= 11 is 0. The van der Waals surface area contributed by atoms with Crippen LogP contribution in [0.4, 0.5) is 0 Å². The molecule has 1 saturated carbocycles. The molecule has 0 bridgehead atoms. The maximum Gasteiger partial charge on any atom is 0.0648 e. The van der Waals surface area contributed by atoms with E-state index in [1.54, 1.807) is 0 Å². The molecule has 0 radical (unpaired) electrons. The van der Waals surface area contributed by atoms with Crippen molar-refractivity contribution >= 4 is 0 Å². The molecule has 0 aliphatic heterocycles. The molecule has 1 atom stereocenters. The molecule has 2 rings (SSSR count). The predicted octanol–water partition coefficient (Wildman–Crippen LogP) is 4.10. The lowest BCUT2D eigenvalue weighted by molar-refractivity contribution is 0.323. The molecule has 1 aromatic heterocycles. The van der Waals surface area contributed by atoms with Crippen LogP contribution in [-0.4, -0.2) is 16.7 Å². The maximum atomic E-state index is 4.34. The van der Waals surface area contributed by atoms with Gasteiger partial charge in [0.1, 0.15) is 0 Å². The first kappa shape index (κ1) is 15.4. The Morgan fingerprint density at radius 1 is 1.15 bits per heavy atom. The van der Waals surface area contributed by atoms with Crippen molar-refractivity contribution < 1.29 is 0 Å². The summed E-state index contributed by atoms with van der Waals surface area (Å²) in [6.07, 6.45) is 9.45. The van der Waals surface area contributed by atoms with Gasteiger partial charge in [-0.15, -0.1) is 0 Å². The molecule has 0 saturated heterocycles. The molecule has 1 aliphatic rings. The summed E-state index contributed by atoms with van der Waals surface area (Å²) in [5, 5.41) is 12.3. The van der Waals surface area contributed by atoms with Crippen LogP contribution in [-0.2, 0) is 0 Å². The summed E-state index contributed by atoms with van der Waals surface area (Å²) in [7, 11) is 0. The molecule has 112 valence electrons. The Kier molecular flexibility index (Phi) is 5.96. The third-order valence-corrected chi connectivity index (χ3v) is 4.46. The van der Waals surface area contributed by atoms with Gasteiger partial charge in [-0.3, -0.25) is 0 Å². The summed E-state index contributed by atoms with van der Waals surface area (Å²) in [5.41, 5.74) is 3.49. The fourth-order valence-corrected chi connectivity index (χ4v) is 3.36. The molecule has 0 aromatic carbocycles. The Bertz CT molecular complexity index is 409. The van der Waals surface area contributed by atoms with Gasteiger partial charge in [0.15, 0.2) is 0 Å². The van der Waals surface area contributed by atoms with Gasteiger partial charge >= 0.3 is 0 Å². The van der Waals surface area contributed by atoms with Gasteiger partial charge in [-0.1, -0.05) is 32.6 Å². The smallest absolute Gasteiger partial charge is 0.0648 e. The Morgan fingerprint density at radius 2 is 1.85 bits per heavy atom. The van der Waals surface area contributed by atoms with Crippen LogP contribution in [0.25, 0.3) is 0 Å². The molecule has 1 heterocycles. The molecule has 1 aromatic rings. The fraction of sp³-hybridized carbons (Fsp3) is 0.765. The zero-order valence-corrected chi connectivity index (χ0v) is 13.3. The normalized spacial score (nSPS) is 18.8. The van der Waals surface area contributed by atoms with E-state index in [1.807, 2.05) is 6.92 Å². The lowest BCUT2D eigenvalue weighted by atomic mass is 9.86. The Labute approximate surface area is 123 Å². The van der Waals surface area contributed by atoms with Crippen LogP contribution in [0.15, 0.2) is 6.07 Å². The Hall–Kier alpha value is -0.960. The van der Waals surface area contributed by atoms with Crippen LogP contribution < -0.4 is 5.32 Å². The molecule has 0 amide bonds. The van der Waals surface area contributed by atoms with E-state index in [2.05, 4.69) is 35.4 Å². The van der Waals surface area contributed by atoms with Crippen LogP contribution in [0.1, 0.15) is 74.9 Å². The van der Waals surface area contributed by atoms with E-state index >= 15 is 0 Å². The summed E-state index contributed by atoms with van der Waals surface area (Å²) in [6.45, 7) is 7.46. The zero-order valence-electron chi connectivity index (χ0n) is 13.3. The summed E-state index contributed by atoms with van der Waals surface area (Å²) in [4.78, 5) is 0. The van der Waals surface area contributed by atoms with Gasteiger partial charge in [-0.2, -0.15) is 10.2 Å². The van der Waals surface area contributed by atoms with Gasteiger partial charge in [0.2, 0.25) is 0 Å². The zero-order chi connectivity index (χ0) is 14.4. The van der Waals surface area contributed by atoms with Gasteiger partial charge in [0.05, 0.1) is 11.4 Å². The highest BCUT2D eigenvalue weighted by Crippen LogP contribution is 2.34. The maximum absolute atomic E-state index is 4.34. The Morgan fingerprint density at radius 3 is 2.50 bits per heavy atom. The van der Waals surface area contributed by atoms with Crippen LogP contribution in [0.5, 0.6) is 0 Å². The molecule has 20 heavy (non-hydrogen) atoms. The molecular weight excluding hydrogens is 246 g/mol. The van der Waals surface area contributed by atoms with E-state index in [0.29, 0.717) is 6.04 Å². The van der Waals surface area contributed by atoms with Crippen molar-refractivity contribution in [1.29, 1.82) is 0 Å². The second kappa shape index (κ2) is 7.72. The highest BCUT2D eigenvalue weighted by molar-refractivity contribution is 5.24. The summed E-state index contributed by atoms with van der Waals surface area (Å²) in [5.74, 6) is 0.756. The largest absolute Gasteiger partial charge is 0.310 e. The number of hydrogen-bond donors (Lipinski definition) is 1. The predicted molar refractivity (Wildman–Crippen MR) is 83.7 cm³/mol. The SMILES string of the molecule is CCCNC(c1cc(C)nnc1C)C1CCCCCC1. The summed E-state index contributed by atoms with van der Waals surface area (Å²) < 4.78 is 0. The van der Waals surface area contributed by atoms with Crippen molar-refractivity contribution in [2.75, 3.05) is 6.54 Å². The number of nitrogens with zero attached hydrogens (tertiary/aromatic N) is 2. The van der Waals surface area contributed by atoms with Crippen LogP contribution in [0, 0.1) is 19.8 Å². The minimum atomic E-state index is 0.460. The van der Waals surface area contributed by atoms with Gasteiger partial charge in [0, 0.05) is 6.04 Å². The molecule has 1 aliphatic carbocycles. The fourth-order valence-electron chi connectivity index (χ4n) is 3.36. The molecular formula is C17H29N3. The van der Waals surface area contributed by atoms with Crippen LogP contribution in [0.3, 0.4) is 0 Å². The Balaban J connectivity index is 2.22. The van der Waals surface area contributed by atoms with E-state index in [4.69, 9.17) is 0 Å². The van der Waals surface area contributed by atoms with Gasteiger partial charge in [-0.25, -0.2) is 0 Å². The minimum absolute atomic E-state index is 0.460. The van der Waals surface area contributed by atoms with E-state index in [-0.39, 0.29) is 0 Å². The topological polar surface area (TPSA) is 37.8 Å². The number of aryl methyl sites for hydroxylation is 2. The van der Waals surface area contributed by atoms with Gasteiger partial charge in [0.25, 0.3) is 0 Å². The molecule has 0 spiro atoms. The molecule has 1 unspecified atom stereocenters. The van der Waals surface area contributed by atoms with Crippen molar-refractivity contribution in [3.8, 4) is 0 Å². The lowest BCUT2D eigenvalue weighted by Crippen LogP contribution is -2.30. The van der Waals surface area contributed by atoms with E-state index in [9.17, 15) is 0 Å². The van der Waals surface area contributed by atoms with Crippen LogP contribution in [0.2, 0.25) is 0 Å². The van der Waals surface area contributed by atoms with Crippen molar-refractivity contribution in [3.63, 3.8) is 0 Å². The summed E-state index contributed by atoms with van der Waals surface area (Å²) in [6, 6.07) is 2.70. The third-order valence-electron chi connectivity index (χ3n) is 4.46. The first-order chi connectivity index (χ1) is 9.72. The van der Waals surface area contributed by atoms with Gasteiger partial charge in [-0.05, 0) is 57.2 Å². The standard InChI is InChI=1S/C17H29N3/c1-4-11-18-17(15-9-7-5-6-8-10-15)16-12-13(2)19-20-14(16)3/h12,15,17-18H,4-11H2,1-3H3. The second-order valence-electron chi connectivity index (χ2n) is 6.21. The monoisotopic (exact) mass is 275 g/mol. The lowest BCUT2D eigenvalue weighted by Gasteiger charge is -2.28. The first-order valence-corrected chi connectivity index (χ1v) is 8.26. The second-order valence-corrected chi connectivity index (χ2v) is 6.21. The van der Waals surface area contributed by atoms with E-state index in [0.717, 1.165) is 23.9 Å². The highest BCUT2D eigenvalue weighted by atomic mass is 15.1. The number of rotatable bonds is 5. The molecule has 3 heteroatoms. The average Bonchev–Trinajstić information content (AvgIpc) is 2.72. The van der Waals surface area contributed by atoms with Gasteiger partial charge < -0.3 is 5.32 Å². The third kappa shape index (κ3) is 4.02.